The van der Waals surface area contributed by atoms with Crippen molar-refractivity contribution in [2.24, 2.45) is 0 Å². The Balaban J connectivity index is 2.09. The van der Waals surface area contributed by atoms with Crippen LogP contribution in [0.5, 0.6) is 0 Å². The largest absolute Gasteiger partial charge is 0.250 e. The van der Waals surface area contributed by atoms with E-state index in [0.29, 0.717) is 0 Å². The number of allylic oxidation sites excluding steroid dienone is 1. The van der Waals surface area contributed by atoms with Crippen molar-refractivity contribution < 1.29 is 0 Å². The molecule has 0 bridgehead atoms. The van der Waals surface area contributed by atoms with Crippen LogP contribution in [0.4, 0.5) is 5.69 Å². The van der Waals surface area contributed by atoms with Crippen molar-refractivity contribution in [3.63, 3.8) is 0 Å². The Bertz CT molecular complexity index is 514. The van der Waals surface area contributed by atoms with E-state index >= 15 is 0 Å². The van der Waals surface area contributed by atoms with Crippen molar-refractivity contribution in [2.45, 2.75) is 50.8 Å². The molecule has 0 spiro atoms. The predicted octanol–water partition coefficient (Wildman–Crippen LogP) is 5.20. The molecule has 19 heavy (non-hydrogen) atoms. The molecule has 1 aliphatic rings. The first kappa shape index (κ1) is 14.0. The molecule has 0 saturated carbocycles. The third-order valence-electron chi connectivity index (χ3n) is 3.35. The van der Waals surface area contributed by atoms with Gasteiger partial charge in [-0.2, -0.15) is 5.26 Å². The van der Waals surface area contributed by atoms with Gasteiger partial charge in [0.2, 0.25) is 0 Å². The van der Waals surface area contributed by atoms with Gasteiger partial charge in [0.25, 0.3) is 0 Å². The maximum Gasteiger partial charge on any atom is 0.189 e. The van der Waals surface area contributed by atoms with Gasteiger partial charge in [-0.25, -0.2) is 0 Å². The number of benzene rings is 1. The first-order valence-electron chi connectivity index (χ1n) is 6.92. The summed E-state index contributed by atoms with van der Waals surface area (Å²) in [6.45, 7) is 4.30. The van der Waals surface area contributed by atoms with Crippen LogP contribution in [0.2, 0.25) is 0 Å². The maximum atomic E-state index is 9.41. The molecule has 1 heterocycles. The van der Waals surface area contributed by atoms with Crippen molar-refractivity contribution in [1.82, 2.24) is 0 Å². The molecule has 2 nitrogen and oxygen atoms in total. The summed E-state index contributed by atoms with van der Waals surface area (Å²) in [4.78, 5) is 2.97. The van der Waals surface area contributed by atoms with E-state index in [0.717, 1.165) is 17.8 Å². The second-order valence-corrected chi connectivity index (χ2v) is 5.86. The number of thioether (sulfide) groups is 1. The number of hydrogen-bond donors (Lipinski definition) is 0. The molecule has 0 radical (unpaired) electrons. The molecule has 2 rings (SSSR count). The standard InChI is InChI=1S/C16H20N2S/c1-3-4-5-6-7-14-11-19-16-10-13(2)8-9-15(16)18(14)12-17/h8-11H,3-7H2,1-2H3. The van der Waals surface area contributed by atoms with Crippen LogP contribution in [0, 0.1) is 18.4 Å². The summed E-state index contributed by atoms with van der Waals surface area (Å²) in [5, 5.41) is 11.5. The second-order valence-electron chi connectivity index (χ2n) is 4.94. The van der Waals surface area contributed by atoms with Gasteiger partial charge in [0, 0.05) is 10.6 Å². The minimum Gasteiger partial charge on any atom is -0.250 e. The van der Waals surface area contributed by atoms with E-state index in [1.54, 1.807) is 16.7 Å². The van der Waals surface area contributed by atoms with Crippen molar-refractivity contribution in [2.75, 3.05) is 4.90 Å². The topological polar surface area (TPSA) is 27.0 Å². The lowest BCUT2D eigenvalue weighted by Gasteiger charge is -2.25. The average molecular weight is 272 g/mol. The fraction of sp³-hybridized carbons (Fsp3) is 0.438. The first-order valence-corrected chi connectivity index (χ1v) is 7.80. The molecule has 0 saturated heterocycles. The zero-order chi connectivity index (χ0) is 13.7. The van der Waals surface area contributed by atoms with Crippen LogP contribution in [0.15, 0.2) is 34.2 Å². The van der Waals surface area contributed by atoms with Gasteiger partial charge in [-0.15, -0.1) is 0 Å². The number of unbranched alkanes of at least 4 members (excludes halogenated alkanes) is 3. The fourth-order valence-electron chi connectivity index (χ4n) is 2.26. The van der Waals surface area contributed by atoms with Gasteiger partial charge in [0.05, 0.1) is 5.69 Å². The Morgan fingerprint density at radius 2 is 2.11 bits per heavy atom. The molecule has 0 unspecified atom stereocenters. The predicted molar refractivity (Wildman–Crippen MR) is 82.0 cm³/mol. The van der Waals surface area contributed by atoms with Crippen LogP contribution < -0.4 is 4.90 Å². The van der Waals surface area contributed by atoms with Gasteiger partial charge in [-0.05, 0) is 42.9 Å². The van der Waals surface area contributed by atoms with Crippen LogP contribution in [0.3, 0.4) is 0 Å². The summed E-state index contributed by atoms with van der Waals surface area (Å²) in [5.74, 6) is 0. The second kappa shape index (κ2) is 6.68. The molecule has 3 heteroatoms. The normalized spacial score (nSPS) is 13.7. The van der Waals surface area contributed by atoms with Crippen LogP contribution in [0.1, 0.15) is 44.6 Å². The summed E-state index contributed by atoms with van der Waals surface area (Å²) in [7, 11) is 0. The number of hydrogen-bond acceptors (Lipinski definition) is 3. The summed E-state index contributed by atoms with van der Waals surface area (Å²) in [6.07, 6.45) is 8.26. The molecular formula is C16H20N2S. The smallest absolute Gasteiger partial charge is 0.189 e. The molecule has 0 fully saturated rings. The van der Waals surface area contributed by atoms with Crippen molar-refractivity contribution >= 4 is 17.4 Å². The third kappa shape index (κ3) is 3.33. The van der Waals surface area contributed by atoms with E-state index in [4.69, 9.17) is 0 Å². The number of aryl methyl sites for hydroxylation is 1. The van der Waals surface area contributed by atoms with Crippen LogP contribution in [0.25, 0.3) is 0 Å². The monoisotopic (exact) mass is 272 g/mol. The molecular weight excluding hydrogens is 252 g/mol. The van der Waals surface area contributed by atoms with E-state index in [9.17, 15) is 5.26 Å². The quantitative estimate of drug-likeness (QED) is 0.544. The fourth-order valence-corrected chi connectivity index (χ4v) is 3.28. The Morgan fingerprint density at radius 3 is 2.84 bits per heavy atom. The molecule has 0 aliphatic carbocycles. The summed E-state index contributed by atoms with van der Waals surface area (Å²) in [6, 6.07) is 6.28. The molecule has 1 aliphatic heterocycles. The van der Waals surface area contributed by atoms with Gasteiger partial charge >= 0.3 is 0 Å². The van der Waals surface area contributed by atoms with Crippen LogP contribution >= 0.6 is 11.8 Å². The van der Waals surface area contributed by atoms with Crippen molar-refractivity contribution in [3.8, 4) is 6.19 Å². The minimum atomic E-state index is 0.994. The highest BCUT2D eigenvalue weighted by atomic mass is 32.2. The van der Waals surface area contributed by atoms with Gasteiger partial charge in [-0.1, -0.05) is 44.0 Å². The third-order valence-corrected chi connectivity index (χ3v) is 4.32. The number of nitrogens with zero attached hydrogens (tertiary/aromatic N) is 2. The van der Waals surface area contributed by atoms with Gasteiger partial charge in [0.1, 0.15) is 0 Å². The SMILES string of the molecule is CCCCCCC1=CSc2cc(C)ccc2N1C#N. The van der Waals surface area contributed by atoms with E-state index in [1.165, 1.54) is 36.1 Å². The van der Waals surface area contributed by atoms with E-state index < -0.39 is 0 Å². The molecule has 1 aromatic carbocycles. The Labute approximate surface area is 120 Å². The average Bonchev–Trinajstić information content (AvgIpc) is 2.43. The Hall–Kier alpha value is -1.40. The minimum absolute atomic E-state index is 0.994. The Morgan fingerprint density at radius 1 is 1.26 bits per heavy atom. The number of nitriles is 1. The zero-order valence-electron chi connectivity index (χ0n) is 11.6. The van der Waals surface area contributed by atoms with Crippen molar-refractivity contribution in [1.29, 1.82) is 5.26 Å². The molecule has 0 N–H and O–H groups in total. The first-order chi connectivity index (χ1) is 9.26. The number of fused-ring (bicyclic) bond motifs is 1. The van der Waals surface area contributed by atoms with E-state index in [2.05, 4.69) is 43.6 Å². The zero-order valence-corrected chi connectivity index (χ0v) is 12.5. The van der Waals surface area contributed by atoms with Crippen LogP contribution in [-0.2, 0) is 0 Å². The summed E-state index contributed by atoms with van der Waals surface area (Å²) in [5.41, 5.74) is 3.41. The van der Waals surface area contributed by atoms with Gasteiger partial charge < -0.3 is 0 Å². The molecule has 1 aromatic rings. The molecule has 0 atom stereocenters. The highest BCUT2D eigenvalue weighted by Crippen LogP contribution is 2.40. The summed E-state index contributed by atoms with van der Waals surface area (Å²) >= 11 is 1.74. The molecule has 100 valence electrons. The lowest BCUT2D eigenvalue weighted by atomic mass is 10.1. The van der Waals surface area contributed by atoms with Crippen LogP contribution in [-0.4, -0.2) is 0 Å². The number of anilines is 1. The highest BCUT2D eigenvalue weighted by Gasteiger charge is 2.19. The molecule has 0 aromatic heterocycles. The maximum absolute atomic E-state index is 9.41. The van der Waals surface area contributed by atoms with Gasteiger partial charge in [-0.3, -0.25) is 4.90 Å². The lowest BCUT2D eigenvalue weighted by molar-refractivity contribution is 0.660. The van der Waals surface area contributed by atoms with Crippen molar-refractivity contribution in [3.05, 3.63) is 34.9 Å². The van der Waals surface area contributed by atoms with E-state index in [1.807, 2.05) is 0 Å². The lowest BCUT2D eigenvalue weighted by Crippen LogP contribution is -2.18. The highest BCUT2D eigenvalue weighted by molar-refractivity contribution is 8.02. The number of rotatable bonds is 5. The van der Waals surface area contributed by atoms with Gasteiger partial charge in [0.15, 0.2) is 6.19 Å². The summed E-state index contributed by atoms with van der Waals surface area (Å²) < 4.78 is 0. The molecule has 0 amide bonds. The Kier molecular flexibility index (Phi) is 4.93. The van der Waals surface area contributed by atoms with E-state index in [-0.39, 0.29) is 0 Å².